The summed E-state index contributed by atoms with van der Waals surface area (Å²) in [6.45, 7) is 2.35. The molecule has 1 aliphatic heterocycles. The highest BCUT2D eigenvalue weighted by atomic mass is 16.2. The SMILES string of the molecule is N#CCC1(N/C=C(\C(=N)NC(=O)C2CC2)C(N)=O)CCN(Cc2ccc(-c3ccncc3)cc2)CC1. The first-order valence-electron chi connectivity index (χ1n) is 12.2. The van der Waals surface area contributed by atoms with E-state index in [-0.39, 0.29) is 29.7 Å². The van der Waals surface area contributed by atoms with E-state index < -0.39 is 11.4 Å². The first-order valence-corrected chi connectivity index (χ1v) is 12.2. The second-order valence-electron chi connectivity index (χ2n) is 9.53. The summed E-state index contributed by atoms with van der Waals surface area (Å²) in [6, 6.07) is 14.7. The maximum absolute atomic E-state index is 12.0. The van der Waals surface area contributed by atoms with Crippen LogP contribution in [0.4, 0.5) is 0 Å². The minimum absolute atomic E-state index is 0.0893. The normalized spacial score (nSPS) is 17.6. The average molecular weight is 486 g/mol. The summed E-state index contributed by atoms with van der Waals surface area (Å²) < 4.78 is 0. The van der Waals surface area contributed by atoms with Crippen LogP contribution in [0.5, 0.6) is 0 Å². The molecule has 2 amide bonds. The largest absolute Gasteiger partial charge is 0.384 e. The Hall–Kier alpha value is -4.03. The molecule has 2 heterocycles. The lowest BCUT2D eigenvalue weighted by Crippen LogP contribution is -2.51. The molecule has 2 aromatic rings. The summed E-state index contributed by atoms with van der Waals surface area (Å²) in [5, 5.41) is 23.3. The predicted octanol–water partition coefficient (Wildman–Crippen LogP) is 2.46. The maximum Gasteiger partial charge on any atom is 0.253 e. The van der Waals surface area contributed by atoms with E-state index in [0.717, 1.165) is 43.6 Å². The minimum atomic E-state index is -0.802. The molecule has 4 rings (SSSR count). The van der Waals surface area contributed by atoms with Crippen LogP contribution >= 0.6 is 0 Å². The van der Waals surface area contributed by atoms with Crippen LogP contribution in [0.15, 0.2) is 60.6 Å². The number of amidine groups is 1. The molecule has 1 aromatic heterocycles. The fourth-order valence-corrected chi connectivity index (χ4v) is 4.40. The lowest BCUT2D eigenvalue weighted by molar-refractivity contribution is -0.120. The standard InChI is InChI=1S/C27H31N7O2/c28-12-9-27(32-17-23(25(30)35)24(29)33-26(36)22-5-6-22)10-15-34(16-11-27)18-19-1-3-20(4-2-19)21-7-13-31-14-8-21/h1-4,7-8,13-14,17,22,32H,5-6,9-11,15-16,18H2,(H2,30,35)(H2,29,33,36)/b23-17+. The maximum atomic E-state index is 12.0. The molecular formula is C27H31N7O2. The zero-order valence-corrected chi connectivity index (χ0v) is 20.2. The third-order valence-electron chi connectivity index (χ3n) is 6.86. The third kappa shape index (κ3) is 6.34. The van der Waals surface area contributed by atoms with E-state index in [0.29, 0.717) is 12.8 Å². The number of hydrogen-bond acceptors (Lipinski definition) is 7. The van der Waals surface area contributed by atoms with Gasteiger partial charge in [0.15, 0.2) is 0 Å². The molecule has 36 heavy (non-hydrogen) atoms. The first kappa shape index (κ1) is 25.1. The molecule has 1 aromatic carbocycles. The molecule has 0 atom stereocenters. The van der Waals surface area contributed by atoms with E-state index in [1.54, 1.807) is 12.4 Å². The van der Waals surface area contributed by atoms with Gasteiger partial charge in [-0.3, -0.25) is 24.9 Å². The van der Waals surface area contributed by atoms with E-state index >= 15 is 0 Å². The van der Waals surface area contributed by atoms with Gasteiger partial charge in [0.25, 0.3) is 5.91 Å². The number of nitrogens with two attached hydrogens (primary N) is 1. The number of benzene rings is 1. The molecule has 0 spiro atoms. The number of nitriles is 1. The van der Waals surface area contributed by atoms with Crippen molar-refractivity contribution >= 4 is 17.6 Å². The molecule has 0 radical (unpaired) electrons. The van der Waals surface area contributed by atoms with Crippen molar-refractivity contribution in [3.8, 4) is 17.2 Å². The Kier molecular flexibility index (Phi) is 7.76. The van der Waals surface area contributed by atoms with Crippen LogP contribution in [0.25, 0.3) is 11.1 Å². The molecular weight excluding hydrogens is 454 g/mol. The Morgan fingerprint density at radius 2 is 1.78 bits per heavy atom. The van der Waals surface area contributed by atoms with Gasteiger partial charge in [-0.2, -0.15) is 5.26 Å². The summed E-state index contributed by atoms with van der Waals surface area (Å²) >= 11 is 0. The number of aromatic nitrogens is 1. The lowest BCUT2D eigenvalue weighted by Gasteiger charge is -2.41. The summed E-state index contributed by atoms with van der Waals surface area (Å²) in [7, 11) is 0. The molecule has 1 saturated carbocycles. The van der Waals surface area contributed by atoms with Gasteiger partial charge in [0.2, 0.25) is 5.91 Å². The average Bonchev–Trinajstić information content (AvgIpc) is 3.72. The van der Waals surface area contributed by atoms with Gasteiger partial charge < -0.3 is 16.4 Å². The predicted molar refractivity (Wildman–Crippen MR) is 136 cm³/mol. The Balaban J connectivity index is 1.36. The van der Waals surface area contributed by atoms with Crippen LogP contribution < -0.4 is 16.4 Å². The van der Waals surface area contributed by atoms with E-state index in [1.165, 1.54) is 11.8 Å². The highest BCUT2D eigenvalue weighted by molar-refractivity contribution is 6.22. The molecule has 5 N–H and O–H groups in total. The van der Waals surface area contributed by atoms with Crippen molar-refractivity contribution in [2.24, 2.45) is 11.7 Å². The van der Waals surface area contributed by atoms with Crippen LogP contribution in [-0.2, 0) is 16.1 Å². The zero-order chi connectivity index (χ0) is 25.5. The van der Waals surface area contributed by atoms with Crippen molar-refractivity contribution < 1.29 is 9.59 Å². The van der Waals surface area contributed by atoms with E-state index in [1.807, 2.05) is 12.1 Å². The fraction of sp³-hybridized carbons (Fsp3) is 0.370. The number of amides is 2. The number of rotatable bonds is 9. The highest BCUT2D eigenvalue weighted by Crippen LogP contribution is 2.29. The highest BCUT2D eigenvalue weighted by Gasteiger charge is 2.35. The quantitative estimate of drug-likeness (QED) is 0.244. The molecule has 1 aliphatic carbocycles. The summed E-state index contributed by atoms with van der Waals surface area (Å²) in [5.74, 6) is -1.47. The number of carbonyl (C=O) groups excluding carboxylic acids is 2. The summed E-state index contributed by atoms with van der Waals surface area (Å²) in [4.78, 5) is 30.4. The van der Waals surface area contributed by atoms with Gasteiger partial charge in [-0.15, -0.1) is 0 Å². The van der Waals surface area contributed by atoms with Crippen molar-refractivity contribution in [2.45, 2.75) is 44.2 Å². The van der Waals surface area contributed by atoms with Crippen molar-refractivity contribution in [3.05, 3.63) is 66.1 Å². The Labute approximate surface area is 210 Å². The van der Waals surface area contributed by atoms with E-state index in [4.69, 9.17) is 11.1 Å². The molecule has 1 saturated heterocycles. The van der Waals surface area contributed by atoms with Gasteiger partial charge in [-0.05, 0) is 54.5 Å². The molecule has 0 unspecified atom stereocenters. The summed E-state index contributed by atoms with van der Waals surface area (Å²) in [6.07, 6.45) is 8.20. The van der Waals surface area contributed by atoms with Gasteiger partial charge in [-0.1, -0.05) is 24.3 Å². The minimum Gasteiger partial charge on any atom is -0.384 e. The van der Waals surface area contributed by atoms with Crippen LogP contribution in [-0.4, -0.2) is 46.2 Å². The first-order chi connectivity index (χ1) is 17.4. The molecule has 186 valence electrons. The van der Waals surface area contributed by atoms with Gasteiger partial charge in [-0.25, -0.2) is 0 Å². The van der Waals surface area contributed by atoms with Crippen molar-refractivity contribution in [3.63, 3.8) is 0 Å². The van der Waals surface area contributed by atoms with Gasteiger partial charge >= 0.3 is 0 Å². The molecule has 9 heteroatoms. The van der Waals surface area contributed by atoms with E-state index in [2.05, 4.69) is 50.9 Å². The fourth-order valence-electron chi connectivity index (χ4n) is 4.40. The number of likely N-dealkylation sites (tertiary alicyclic amines) is 1. The number of nitrogens with one attached hydrogen (secondary N) is 3. The Morgan fingerprint density at radius 3 is 2.36 bits per heavy atom. The molecule has 9 nitrogen and oxygen atoms in total. The molecule has 2 aliphatic rings. The zero-order valence-electron chi connectivity index (χ0n) is 20.2. The number of pyridine rings is 1. The van der Waals surface area contributed by atoms with E-state index in [9.17, 15) is 14.9 Å². The van der Waals surface area contributed by atoms with Crippen LogP contribution in [0.1, 0.15) is 37.7 Å². The number of carbonyl (C=O) groups is 2. The van der Waals surface area contributed by atoms with Crippen LogP contribution in [0.3, 0.4) is 0 Å². The van der Waals surface area contributed by atoms with Gasteiger partial charge in [0, 0.05) is 44.1 Å². The van der Waals surface area contributed by atoms with Crippen LogP contribution in [0.2, 0.25) is 0 Å². The Morgan fingerprint density at radius 1 is 1.14 bits per heavy atom. The van der Waals surface area contributed by atoms with Crippen LogP contribution in [0, 0.1) is 22.7 Å². The molecule has 2 fully saturated rings. The second kappa shape index (κ2) is 11.1. The molecule has 0 bridgehead atoms. The van der Waals surface area contributed by atoms with Crippen molar-refractivity contribution in [2.75, 3.05) is 13.1 Å². The monoisotopic (exact) mass is 485 g/mol. The summed E-state index contributed by atoms with van der Waals surface area (Å²) in [5.41, 5.74) is 8.34. The lowest BCUT2D eigenvalue weighted by atomic mass is 9.84. The number of nitrogens with zero attached hydrogens (tertiary/aromatic N) is 3. The number of primary amides is 1. The van der Waals surface area contributed by atoms with Crippen molar-refractivity contribution in [1.29, 1.82) is 10.7 Å². The second-order valence-corrected chi connectivity index (χ2v) is 9.53. The van der Waals surface area contributed by atoms with Crippen molar-refractivity contribution in [1.82, 2.24) is 20.5 Å². The Bertz CT molecular complexity index is 1170. The van der Waals surface area contributed by atoms with Gasteiger partial charge in [0.05, 0.1) is 23.6 Å². The number of piperidine rings is 1. The third-order valence-corrected chi connectivity index (χ3v) is 6.86. The number of hydrogen-bond donors (Lipinski definition) is 4. The smallest absolute Gasteiger partial charge is 0.253 e. The van der Waals surface area contributed by atoms with Gasteiger partial charge in [0.1, 0.15) is 5.84 Å². The topological polar surface area (TPSA) is 148 Å².